The first-order valence-electron chi connectivity index (χ1n) is 9.63. The third-order valence-electron chi connectivity index (χ3n) is 4.56. The number of aromatic nitrogens is 3. The minimum absolute atomic E-state index is 0.0247. The highest BCUT2D eigenvalue weighted by atomic mass is 32.2. The van der Waals surface area contributed by atoms with E-state index in [4.69, 9.17) is 0 Å². The van der Waals surface area contributed by atoms with Gasteiger partial charge < -0.3 is 10.2 Å². The third-order valence-corrected chi connectivity index (χ3v) is 6.12. The van der Waals surface area contributed by atoms with Crippen molar-refractivity contribution in [2.75, 3.05) is 28.6 Å². The van der Waals surface area contributed by atoms with Gasteiger partial charge in [0.15, 0.2) is 0 Å². The Hall–Kier alpha value is -2.99. The van der Waals surface area contributed by atoms with Crippen molar-refractivity contribution in [3.05, 3.63) is 24.3 Å². The molecule has 2 heterocycles. The lowest BCUT2D eigenvalue weighted by atomic mass is 10.1. The Morgan fingerprint density at radius 1 is 1.10 bits per heavy atom. The van der Waals surface area contributed by atoms with Gasteiger partial charge in [0.05, 0.1) is 10.9 Å². The summed E-state index contributed by atoms with van der Waals surface area (Å²) in [5, 5.41) is 11.9. The van der Waals surface area contributed by atoms with Crippen molar-refractivity contribution < 1.29 is 18.0 Å². The number of sulfonamides is 1. The molecule has 1 saturated heterocycles. The zero-order valence-corrected chi connectivity index (χ0v) is 17.6. The number of benzene rings is 1. The highest BCUT2D eigenvalue weighted by Gasteiger charge is 2.23. The largest absolute Gasteiger partial charge is 0.340 e. The number of piperidine rings is 1. The van der Waals surface area contributed by atoms with Crippen molar-refractivity contribution in [3.8, 4) is 0 Å². The number of H-pyrrole nitrogens is 1. The van der Waals surface area contributed by atoms with Crippen LogP contribution < -0.4 is 20.3 Å². The summed E-state index contributed by atoms with van der Waals surface area (Å²) < 4.78 is 27.4. The summed E-state index contributed by atoms with van der Waals surface area (Å²) in [6, 6.07) is 4.59. The highest BCUT2D eigenvalue weighted by molar-refractivity contribution is 7.89. The number of aromatic amines is 1. The summed E-state index contributed by atoms with van der Waals surface area (Å²) in [5.41, 5.74) is 0.474. The fraction of sp³-hybridized carbons (Fsp3) is 0.444. The summed E-state index contributed by atoms with van der Waals surface area (Å²) in [5.74, 6) is -0.163. The third kappa shape index (κ3) is 5.54. The van der Waals surface area contributed by atoms with Gasteiger partial charge in [-0.25, -0.2) is 13.5 Å². The quantitative estimate of drug-likeness (QED) is 0.508. The van der Waals surface area contributed by atoms with Gasteiger partial charge in [0.1, 0.15) is 0 Å². The number of hydrogen-bond donors (Lipinski definition) is 4. The molecule has 1 aromatic carbocycles. The number of hydrogen-bond acceptors (Lipinski definition) is 7. The van der Waals surface area contributed by atoms with Crippen molar-refractivity contribution in [3.63, 3.8) is 0 Å². The SMILES string of the molecule is CC(=O)Nc1ccc(S(=O)(=O)N[C@@H](C)C(=O)Nc2nc(N3CCCCC3)n[nH]2)cc1. The van der Waals surface area contributed by atoms with E-state index in [-0.39, 0.29) is 16.8 Å². The van der Waals surface area contributed by atoms with E-state index in [0.717, 1.165) is 25.9 Å². The van der Waals surface area contributed by atoms with Crippen molar-refractivity contribution in [1.82, 2.24) is 19.9 Å². The van der Waals surface area contributed by atoms with Gasteiger partial charge in [0, 0.05) is 25.7 Å². The molecule has 1 aliphatic rings. The van der Waals surface area contributed by atoms with Crippen molar-refractivity contribution in [2.45, 2.75) is 44.0 Å². The highest BCUT2D eigenvalue weighted by Crippen LogP contribution is 2.17. The number of carbonyl (C=O) groups is 2. The summed E-state index contributed by atoms with van der Waals surface area (Å²) in [7, 11) is -3.93. The lowest BCUT2D eigenvalue weighted by Crippen LogP contribution is -2.41. The molecule has 2 aromatic rings. The number of rotatable bonds is 7. The molecule has 0 unspecified atom stereocenters. The molecular weight excluding hydrogens is 410 g/mol. The molecule has 11 nitrogen and oxygen atoms in total. The predicted molar refractivity (Wildman–Crippen MR) is 112 cm³/mol. The van der Waals surface area contributed by atoms with Crippen LogP contribution in [0.5, 0.6) is 0 Å². The zero-order valence-electron chi connectivity index (χ0n) is 16.8. The van der Waals surface area contributed by atoms with E-state index in [1.54, 1.807) is 0 Å². The molecule has 0 radical (unpaired) electrons. The van der Waals surface area contributed by atoms with E-state index in [1.807, 2.05) is 4.90 Å². The van der Waals surface area contributed by atoms with E-state index < -0.39 is 22.0 Å². The molecule has 0 spiro atoms. The van der Waals surface area contributed by atoms with Crippen molar-refractivity contribution in [1.29, 1.82) is 0 Å². The van der Waals surface area contributed by atoms with Crippen LogP contribution in [0.25, 0.3) is 0 Å². The fourth-order valence-electron chi connectivity index (χ4n) is 3.04. The maximum absolute atomic E-state index is 12.5. The van der Waals surface area contributed by atoms with Crippen molar-refractivity contribution >= 4 is 39.4 Å². The smallest absolute Gasteiger partial charge is 0.246 e. The normalized spacial score (nSPS) is 15.5. The second-order valence-electron chi connectivity index (χ2n) is 7.07. The summed E-state index contributed by atoms with van der Waals surface area (Å²) in [4.78, 5) is 29.7. The Balaban J connectivity index is 1.59. The molecule has 0 aliphatic carbocycles. The first kappa shape index (κ1) is 21.7. The molecule has 12 heteroatoms. The van der Waals surface area contributed by atoms with E-state index in [9.17, 15) is 18.0 Å². The van der Waals surface area contributed by atoms with Gasteiger partial charge in [0.25, 0.3) is 0 Å². The van der Waals surface area contributed by atoms with Crippen LogP contribution in [0.3, 0.4) is 0 Å². The van der Waals surface area contributed by atoms with Gasteiger partial charge in [-0.1, -0.05) is 0 Å². The van der Waals surface area contributed by atoms with Gasteiger partial charge >= 0.3 is 0 Å². The molecule has 30 heavy (non-hydrogen) atoms. The predicted octanol–water partition coefficient (Wildman–Crippen LogP) is 1.06. The summed E-state index contributed by atoms with van der Waals surface area (Å²) in [6.07, 6.45) is 3.32. The minimum atomic E-state index is -3.93. The molecule has 1 aromatic heterocycles. The lowest BCUT2D eigenvalue weighted by molar-refractivity contribution is -0.117. The summed E-state index contributed by atoms with van der Waals surface area (Å²) >= 11 is 0. The second-order valence-corrected chi connectivity index (χ2v) is 8.78. The molecule has 0 saturated carbocycles. The second kappa shape index (κ2) is 9.22. The van der Waals surface area contributed by atoms with Crippen LogP contribution in [0.4, 0.5) is 17.6 Å². The first-order valence-corrected chi connectivity index (χ1v) is 11.1. The zero-order chi connectivity index (χ0) is 21.7. The van der Waals surface area contributed by atoms with E-state index >= 15 is 0 Å². The van der Waals surface area contributed by atoms with Crippen LogP contribution in [0, 0.1) is 0 Å². The number of amides is 2. The molecule has 2 amide bonds. The average molecular weight is 436 g/mol. The van der Waals surface area contributed by atoms with Crippen LogP contribution in [0.2, 0.25) is 0 Å². The molecule has 162 valence electrons. The lowest BCUT2D eigenvalue weighted by Gasteiger charge is -2.24. The Labute approximate surface area is 174 Å². The standard InChI is InChI=1S/C18H25N7O4S/c1-12(24-30(28,29)15-8-6-14(7-9-15)19-13(2)26)16(27)20-17-21-18(23-22-17)25-10-4-3-5-11-25/h6-9,12,24H,3-5,10-11H2,1-2H3,(H,19,26)(H2,20,21,22,23,27)/t12-/m0/s1. The maximum atomic E-state index is 12.5. The number of anilines is 3. The van der Waals surface area contributed by atoms with E-state index in [1.165, 1.54) is 44.5 Å². The van der Waals surface area contributed by atoms with Gasteiger partial charge in [-0.3, -0.25) is 14.9 Å². The molecule has 1 fully saturated rings. The molecular formula is C18H25N7O4S. The van der Waals surface area contributed by atoms with Gasteiger partial charge in [0.2, 0.25) is 33.7 Å². The van der Waals surface area contributed by atoms with Gasteiger partial charge in [-0.15, -0.1) is 5.10 Å². The minimum Gasteiger partial charge on any atom is -0.340 e. The van der Waals surface area contributed by atoms with E-state index in [0.29, 0.717) is 11.6 Å². The first-order chi connectivity index (χ1) is 14.2. The maximum Gasteiger partial charge on any atom is 0.246 e. The molecule has 0 bridgehead atoms. The fourth-order valence-corrected chi connectivity index (χ4v) is 4.25. The van der Waals surface area contributed by atoms with Gasteiger partial charge in [-0.2, -0.15) is 9.71 Å². The Morgan fingerprint density at radius 2 is 1.77 bits per heavy atom. The Morgan fingerprint density at radius 3 is 2.40 bits per heavy atom. The topological polar surface area (TPSA) is 149 Å². The summed E-state index contributed by atoms with van der Waals surface area (Å²) in [6.45, 7) is 4.52. The number of carbonyl (C=O) groups excluding carboxylic acids is 2. The Bertz CT molecular complexity index is 998. The number of nitrogens with one attached hydrogen (secondary N) is 4. The molecule has 1 aliphatic heterocycles. The van der Waals surface area contributed by atoms with Crippen LogP contribution >= 0.6 is 0 Å². The van der Waals surface area contributed by atoms with Crippen LogP contribution in [0.1, 0.15) is 33.1 Å². The monoisotopic (exact) mass is 435 g/mol. The molecule has 4 N–H and O–H groups in total. The van der Waals surface area contributed by atoms with E-state index in [2.05, 4.69) is 30.5 Å². The van der Waals surface area contributed by atoms with Crippen LogP contribution in [-0.4, -0.2) is 54.5 Å². The van der Waals surface area contributed by atoms with Crippen LogP contribution in [0.15, 0.2) is 29.2 Å². The molecule has 3 rings (SSSR count). The van der Waals surface area contributed by atoms with Crippen molar-refractivity contribution in [2.24, 2.45) is 0 Å². The number of nitrogens with zero attached hydrogens (tertiary/aromatic N) is 3. The average Bonchev–Trinajstić information content (AvgIpc) is 3.17. The molecule has 1 atom stereocenters. The van der Waals surface area contributed by atoms with Gasteiger partial charge in [-0.05, 0) is 50.5 Å². The van der Waals surface area contributed by atoms with Crippen LogP contribution in [-0.2, 0) is 19.6 Å². The Kier molecular flexibility index (Phi) is 6.67.